The molecule has 0 amide bonds. The van der Waals surface area contributed by atoms with Gasteiger partial charge in [-0.3, -0.25) is 0 Å². The third-order valence-corrected chi connectivity index (χ3v) is 19.4. The van der Waals surface area contributed by atoms with Crippen LogP contribution in [0.25, 0.3) is 55.3 Å². The van der Waals surface area contributed by atoms with Crippen molar-refractivity contribution >= 4 is 49.9 Å². The van der Waals surface area contributed by atoms with Gasteiger partial charge in [-0.1, -0.05) is 316 Å². The lowest BCUT2D eigenvalue weighted by Crippen LogP contribution is -2.27. The minimum absolute atomic E-state index is 0.0860. The lowest BCUT2D eigenvalue weighted by Gasteiger charge is -2.29. The molecular weight excluding hydrogens is 1110 g/mol. The molecule has 0 radical (unpaired) electrons. The van der Waals surface area contributed by atoms with E-state index in [1.165, 1.54) is 139 Å². The van der Waals surface area contributed by atoms with Crippen LogP contribution in [0.1, 0.15) is 124 Å². The van der Waals surface area contributed by atoms with E-state index >= 15 is 0 Å². The molecule has 0 heterocycles. The number of hydrogen-bond donors (Lipinski definition) is 1. The third-order valence-electron chi connectivity index (χ3n) is 19.4. The van der Waals surface area contributed by atoms with Gasteiger partial charge in [-0.25, -0.2) is 0 Å². The molecule has 0 aliphatic heterocycles. The molecule has 1 heteroatoms. The van der Waals surface area contributed by atoms with E-state index in [2.05, 4.69) is 343 Å². The Hall–Kier alpha value is -10.3. The lowest BCUT2D eigenvalue weighted by molar-refractivity contribution is 0.637. The van der Waals surface area contributed by atoms with Crippen LogP contribution in [0.4, 0.5) is 5.69 Å². The minimum atomic E-state index is 0.0860. The number of rotatable bonds is 13. The highest BCUT2D eigenvalue weighted by Gasteiger charge is 2.30. The summed E-state index contributed by atoms with van der Waals surface area (Å²) >= 11 is 0. The summed E-state index contributed by atoms with van der Waals surface area (Å²) in [6, 6.07) is 89.7. The fourth-order valence-corrected chi connectivity index (χ4v) is 14.4. The van der Waals surface area contributed by atoms with Crippen molar-refractivity contribution in [1.29, 1.82) is 0 Å². The maximum absolute atomic E-state index is 3.95. The Morgan fingerprint density at radius 2 is 0.957 bits per heavy atom. The Bertz CT molecular complexity index is 4630. The quantitative estimate of drug-likeness (QED) is 0.113. The zero-order valence-electron chi connectivity index (χ0n) is 53.4. The molecule has 4 atom stereocenters. The normalized spacial score (nSPS) is 18.4. The summed E-state index contributed by atoms with van der Waals surface area (Å²) in [6.45, 7) is 9.08. The highest BCUT2D eigenvalue weighted by atomic mass is 14.9. The van der Waals surface area contributed by atoms with Crippen LogP contribution in [-0.4, -0.2) is 6.04 Å². The number of allylic oxidation sites excluding steroid dienone is 16. The van der Waals surface area contributed by atoms with Crippen molar-refractivity contribution in [2.75, 3.05) is 5.32 Å². The van der Waals surface area contributed by atoms with Crippen LogP contribution in [0.3, 0.4) is 0 Å². The fourth-order valence-electron chi connectivity index (χ4n) is 14.4. The first-order valence-electron chi connectivity index (χ1n) is 33.2. The van der Waals surface area contributed by atoms with Crippen molar-refractivity contribution in [3.63, 3.8) is 0 Å². The van der Waals surface area contributed by atoms with Crippen molar-refractivity contribution in [3.8, 4) is 11.1 Å². The molecule has 4 unspecified atom stereocenters. The molecule has 1 N–H and O–H groups in total. The van der Waals surface area contributed by atoms with E-state index in [9.17, 15) is 0 Å². The Morgan fingerprint density at radius 3 is 1.62 bits per heavy atom. The predicted octanol–water partition coefficient (Wildman–Crippen LogP) is 23.7. The first-order chi connectivity index (χ1) is 45.3. The van der Waals surface area contributed by atoms with Crippen molar-refractivity contribution in [3.05, 3.63) is 399 Å². The number of nitrogens with one attached hydrogen (secondary N) is 1. The molecule has 1 nitrogen and oxygen atoms in total. The van der Waals surface area contributed by atoms with E-state index in [0.717, 1.165) is 37.8 Å². The van der Waals surface area contributed by atoms with E-state index in [0.29, 0.717) is 11.8 Å². The molecule has 0 saturated heterocycles. The molecule has 10 aromatic rings. The van der Waals surface area contributed by atoms with E-state index in [-0.39, 0.29) is 12.0 Å². The van der Waals surface area contributed by atoms with Gasteiger partial charge in [0, 0.05) is 17.5 Å². The highest BCUT2D eigenvalue weighted by molar-refractivity contribution is 6.15. The molecule has 5 aliphatic carbocycles. The minimum Gasteiger partial charge on any atom is -0.378 e. The van der Waals surface area contributed by atoms with E-state index in [4.69, 9.17) is 0 Å². The highest BCUT2D eigenvalue weighted by Crippen LogP contribution is 2.49. The van der Waals surface area contributed by atoms with Crippen LogP contribution >= 0.6 is 0 Å². The SMILES string of the molecule is C/C(=C(/c1ccccc1)c1c(C)ccc2c3c(ccc12)CC(c1ccc(C2C=C(c4ccccc4)C=CC2C)cc1)=C3c1ccccc1)c1ccc(C2C=C(C3=CCCC=C3)C=CC2Nc2ccc(C3=CCCC=C3)cc2)cc1.Cc1ccc(-c2ccccc2)cc1. The maximum atomic E-state index is 3.95. The summed E-state index contributed by atoms with van der Waals surface area (Å²) in [5.41, 5.74) is 30.9. The summed E-state index contributed by atoms with van der Waals surface area (Å²) in [4.78, 5) is 0. The molecule has 15 rings (SSSR count). The van der Waals surface area contributed by atoms with Crippen LogP contribution in [0, 0.1) is 19.8 Å². The lowest BCUT2D eigenvalue weighted by atomic mass is 9.80. The Kier molecular flexibility index (Phi) is 17.4. The van der Waals surface area contributed by atoms with Gasteiger partial charge in [-0.2, -0.15) is 0 Å². The average Bonchev–Trinajstić information content (AvgIpc) is 1.39. The van der Waals surface area contributed by atoms with Crippen LogP contribution in [0.2, 0.25) is 0 Å². The van der Waals surface area contributed by atoms with Crippen LogP contribution in [0.15, 0.2) is 327 Å². The van der Waals surface area contributed by atoms with Crippen LogP contribution < -0.4 is 5.32 Å². The number of benzene rings is 10. The Morgan fingerprint density at radius 1 is 0.413 bits per heavy atom. The van der Waals surface area contributed by atoms with Crippen molar-refractivity contribution in [1.82, 2.24) is 0 Å². The predicted molar refractivity (Wildman–Crippen MR) is 394 cm³/mol. The maximum Gasteiger partial charge on any atom is 0.0551 e. The summed E-state index contributed by atoms with van der Waals surface area (Å²) < 4.78 is 0. The second kappa shape index (κ2) is 27.0. The van der Waals surface area contributed by atoms with Crippen LogP contribution in [-0.2, 0) is 6.42 Å². The van der Waals surface area contributed by atoms with E-state index in [1.54, 1.807) is 0 Å². The molecule has 448 valence electrons. The molecule has 92 heavy (non-hydrogen) atoms. The van der Waals surface area contributed by atoms with Crippen molar-refractivity contribution < 1.29 is 0 Å². The van der Waals surface area contributed by atoms with Gasteiger partial charge in [0.05, 0.1) is 6.04 Å². The first-order valence-corrected chi connectivity index (χ1v) is 33.2. The standard InChI is InChI=1S/C78H67N.C13H12/c1-52-29-31-65(57-21-11-5-12-22-57)49-71(52)60-36-38-62(39-37-60)73-51-67-42-47-69-70(78(67)77(73)64-27-17-8-18-28-64)46-30-53(2)75(69)76(63-25-15-7-16-26-63)54(3)55-32-34-61(35-33-55)72-50-66(58-23-13-6-14-24-58)43-48-74(72)79-68-44-40-59(41-45-68)56-19-9-4-10-20-56;1-11-7-9-13(10-8-11)12-5-3-2-4-6-12/h5,7-9,11-13,15-50,52,71-72,74,79H,4,6,10,14,51H2,1-3H3;2-10H,1H3/b76-54+;. The second-order valence-corrected chi connectivity index (χ2v) is 25.5. The molecule has 0 aromatic heterocycles. The van der Waals surface area contributed by atoms with Gasteiger partial charge in [-0.05, 0) is 204 Å². The summed E-state index contributed by atoms with van der Waals surface area (Å²) in [6.07, 6.45) is 33.5. The topological polar surface area (TPSA) is 12.0 Å². The Balaban J connectivity index is 0.000000502. The van der Waals surface area contributed by atoms with Gasteiger partial charge in [0.1, 0.15) is 0 Å². The zero-order chi connectivity index (χ0) is 62.3. The van der Waals surface area contributed by atoms with Crippen LogP contribution in [0.5, 0.6) is 0 Å². The summed E-state index contributed by atoms with van der Waals surface area (Å²) in [7, 11) is 0. The Labute approximate surface area is 545 Å². The molecule has 10 aromatic carbocycles. The van der Waals surface area contributed by atoms with Crippen molar-refractivity contribution in [2.45, 2.75) is 77.7 Å². The number of aryl methyl sites for hydroxylation is 2. The van der Waals surface area contributed by atoms with Gasteiger partial charge in [0.15, 0.2) is 0 Å². The van der Waals surface area contributed by atoms with Gasteiger partial charge < -0.3 is 5.32 Å². The van der Waals surface area contributed by atoms with E-state index < -0.39 is 0 Å². The fraction of sp³-hybridized carbons (Fsp3) is 0.143. The third kappa shape index (κ3) is 12.6. The smallest absolute Gasteiger partial charge is 0.0551 e. The van der Waals surface area contributed by atoms with Gasteiger partial charge in [-0.15, -0.1) is 0 Å². The van der Waals surface area contributed by atoms with E-state index in [1.807, 2.05) is 6.07 Å². The first kappa shape index (κ1) is 59.3. The molecule has 0 fully saturated rings. The van der Waals surface area contributed by atoms with Crippen molar-refractivity contribution in [2.24, 2.45) is 5.92 Å². The number of hydrogen-bond acceptors (Lipinski definition) is 1. The molecule has 0 spiro atoms. The summed E-state index contributed by atoms with van der Waals surface area (Å²) in [5.74, 6) is 0.852. The monoisotopic (exact) mass is 1190 g/mol. The number of anilines is 1. The van der Waals surface area contributed by atoms with Gasteiger partial charge in [0.25, 0.3) is 0 Å². The molecule has 0 bridgehead atoms. The zero-order valence-corrected chi connectivity index (χ0v) is 53.4. The molecular formula is C91H79N. The second-order valence-electron chi connectivity index (χ2n) is 25.5. The summed E-state index contributed by atoms with van der Waals surface area (Å²) in [5, 5.41) is 6.53. The largest absolute Gasteiger partial charge is 0.378 e. The molecule has 0 saturated carbocycles. The molecule has 5 aliphatic rings. The van der Waals surface area contributed by atoms with Gasteiger partial charge in [0.2, 0.25) is 0 Å². The average molecular weight is 1190 g/mol. The number of fused-ring (bicyclic) bond motifs is 3. The van der Waals surface area contributed by atoms with Gasteiger partial charge >= 0.3 is 0 Å².